The van der Waals surface area contributed by atoms with E-state index in [2.05, 4.69) is 45.0 Å². The fraction of sp³-hybridized carbons (Fsp3) is 0.769. The van der Waals surface area contributed by atoms with Crippen molar-refractivity contribution in [1.82, 2.24) is 15.1 Å². The van der Waals surface area contributed by atoms with Crippen LogP contribution in [0.15, 0.2) is 6.20 Å². The molecule has 1 rings (SSSR count). The van der Waals surface area contributed by atoms with Crippen LogP contribution >= 0.6 is 11.6 Å². The Morgan fingerprint density at radius 3 is 2.65 bits per heavy atom. The van der Waals surface area contributed by atoms with Gasteiger partial charge in [0.1, 0.15) is 0 Å². The average Bonchev–Trinajstić information content (AvgIpc) is 2.59. The van der Waals surface area contributed by atoms with Crippen LogP contribution in [0.25, 0.3) is 0 Å². The number of aryl methyl sites for hydroxylation is 1. The number of nitrogens with one attached hydrogen (secondary N) is 1. The van der Waals surface area contributed by atoms with Crippen molar-refractivity contribution in [2.24, 2.45) is 0 Å². The van der Waals surface area contributed by atoms with Crippen LogP contribution in [0.4, 0.5) is 0 Å². The van der Waals surface area contributed by atoms with Crippen molar-refractivity contribution in [3.63, 3.8) is 0 Å². The normalized spacial score (nSPS) is 12.4. The van der Waals surface area contributed by atoms with Gasteiger partial charge in [-0.2, -0.15) is 5.10 Å². The minimum absolute atomic E-state index is 0.0471. The van der Waals surface area contributed by atoms with Gasteiger partial charge >= 0.3 is 0 Å². The molecule has 0 spiro atoms. The summed E-state index contributed by atoms with van der Waals surface area (Å²) in [6.45, 7) is 12.7. The van der Waals surface area contributed by atoms with E-state index in [9.17, 15) is 0 Å². The zero-order valence-electron chi connectivity index (χ0n) is 11.5. The Hall–Kier alpha value is -0.540. The molecule has 3 nitrogen and oxygen atoms in total. The van der Waals surface area contributed by atoms with E-state index in [0.717, 1.165) is 30.2 Å². The number of hydrogen-bond donors (Lipinski definition) is 1. The minimum Gasteiger partial charge on any atom is -0.314 e. The topological polar surface area (TPSA) is 29.9 Å². The van der Waals surface area contributed by atoms with Crippen LogP contribution in [-0.2, 0) is 12.0 Å². The lowest BCUT2D eigenvalue weighted by atomic mass is 9.85. The maximum Gasteiger partial charge on any atom is 0.0823 e. The van der Waals surface area contributed by atoms with Crippen LogP contribution < -0.4 is 5.32 Å². The van der Waals surface area contributed by atoms with Gasteiger partial charge in [0.05, 0.1) is 16.9 Å². The van der Waals surface area contributed by atoms with Crippen molar-refractivity contribution in [2.75, 3.05) is 6.54 Å². The third kappa shape index (κ3) is 3.71. The van der Waals surface area contributed by atoms with E-state index < -0.39 is 0 Å². The summed E-state index contributed by atoms with van der Waals surface area (Å²) in [5, 5.41) is 8.53. The molecule has 0 unspecified atom stereocenters. The second-order valence-electron chi connectivity index (χ2n) is 5.40. The highest BCUT2D eigenvalue weighted by atomic mass is 35.5. The van der Waals surface area contributed by atoms with Crippen LogP contribution in [0.2, 0.25) is 5.02 Å². The highest BCUT2D eigenvalue weighted by Gasteiger charge is 2.27. The molecule has 1 heterocycles. The zero-order chi connectivity index (χ0) is 13.1. The van der Waals surface area contributed by atoms with E-state index in [1.54, 1.807) is 6.20 Å². The van der Waals surface area contributed by atoms with Crippen LogP contribution in [0, 0.1) is 0 Å². The van der Waals surface area contributed by atoms with E-state index in [0.29, 0.717) is 6.04 Å². The Morgan fingerprint density at radius 1 is 1.47 bits per heavy atom. The van der Waals surface area contributed by atoms with Crippen molar-refractivity contribution in [2.45, 2.75) is 59.0 Å². The van der Waals surface area contributed by atoms with Crippen LogP contribution in [0.1, 0.15) is 46.7 Å². The van der Waals surface area contributed by atoms with Gasteiger partial charge in [-0.25, -0.2) is 0 Å². The highest BCUT2D eigenvalue weighted by Crippen LogP contribution is 2.32. The van der Waals surface area contributed by atoms with E-state index in [4.69, 9.17) is 11.6 Å². The molecular weight excluding hydrogens is 234 g/mol. The van der Waals surface area contributed by atoms with Crippen molar-refractivity contribution in [1.29, 1.82) is 0 Å². The molecule has 0 fully saturated rings. The molecule has 0 saturated heterocycles. The Morgan fingerprint density at radius 2 is 2.12 bits per heavy atom. The van der Waals surface area contributed by atoms with Gasteiger partial charge in [0.15, 0.2) is 0 Å². The summed E-state index contributed by atoms with van der Waals surface area (Å²) in [6.07, 6.45) is 2.80. The first-order valence-corrected chi connectivity index (χ1v) is 6.71. The Balaban J connectivity index is 2.77. The average molecular weight is 258 g/mol. The molecule has 0 radical (unpaired) electrons. The molecule has 0 saturated carbocycles. The van der Waals surface area contributed by atoms with Gasteiger partial charge in [0.2, 0.25) is 0 Å². The maximum atomic E-state index is 6.25. The van der Waals surface area contributed by atoms with Gasteiger partial charge in [-0.05, 0) is 19.9 Å². The van der Waals surface area contributed by atoms with E-state index >= 15 is 0 Å². The van der Waals surface area contributed by atoms with Crippen molar-refractivity contribution in [3.8, 4) is 0 Å². The van der Waals surface area contributed by atoms with Gasteiger partial charge in [0.25, 0.3) is 0 Å². The third-order valence-corrected chi connectivity index (χ3v) is 3.31. The Kier molecular flexibility index (Phi) is 5.02. The summed E-state index contributed by atoms with van der Waals surface area (Å²) < 4.78 is 2.00. The van der Waals surface area contributed by atoms with Crippen molar-refractivity contribution in [3.05, 3.63) is 16.9 Å². The van der Waals surface area contributed by atoms with Crippen molar-refractivity contribution < 1.29 is 0 Å². The van der Waals surface area contributed by atoms with Gasteiger partial charge in [-0.3, -0.25) is 4.68 Å². The maximum absolute atomic E-state index is 6.25. The molecule has 0 bridgehead atoms. The van der Waals surface area contributed by atoms with Crippen LogP contribution in [0.3, 0.4) is 0 Å². The smallest absolute Gasteiger partial charge is 0.0823 e. The lowest BCUT2D eigenvalue weighted by molar-refractivity contribution is 0.407. The number of rotatable bonds is 6. The Labute approximate surface area is 110 Å². The largest absolute Gasteiger partial charge is 0.314 e. The first kappa shape index (κ1) is 14.5. The molecule has 0 atom stereocenters. The molecule has 0 aliphatic heterocycles. The Bertz CT molecular complexity index is 356. The number of hydrogen-bond acceptors (Lipinski definition) is 2. The summed E-state index contributed by atoms with van der Waals surface area (Å²) in [5.74, 6) is 0. The molecule has 98 valence electrons. The first-order chi connectivity index (χ1) is 7.88. The first-order valence-electron chi connectivity index (χ1n) is 6.33. The summed E-state index contributed by atoms with van der Waals surface area (Å²) in [5.41, 5.74) is 1.19. The van der Waals surface area contributed by atoms with Gasteiger partial charge in [-0.15, -0.1) is 0 Å². The molecular formula is C13H24ClN3. The predicted molar refractivity (Wildman–Crippen MR) is 73.7 cm³/mol. The second-order valence-corrected chi connectivity index (χ2v) is 5.81. The fourth-order valence-electron chi connectivity index (χ4n) is 2.07. The lowest BCUT2D eigenvalue weighted by Gasteiger charge is -2.26. The SMILES string of the molecule is CCn1ncc(Cl)c1C(C)(C)CCNC(C)C. The summed E-state index contributed by atoms with van der Waals surface area (Å²) in [6, 6.07) is 0.525. The third-order valence-electron chi connectivity index (χ3n) is 3.04. The standard InChI is InChI=1S/C13H24ClN3/c1-6-17-12(11(14)9-16-17)13(4,5)7-8-15-10(2)3/h9-10,15H,6-8H2,1-5H3. The summed E-state index contributed by atoms with van der Waals surface area (Å²) in [7, 11) is 0. The molecule has 1 aromatic heterocycles. The summed E-state index contributed by atoms with van der Waals surface area (Å²) in [4.78, 5) is 0. The van der Waals surface area contributed by atoms with E-state index in [1.807, 2.05) is 4.68 Å². The van der Waals surface area contributed by atoms with Crippen molar-refractivity contribution >= 4 is 11.6 Å². The van der Waals surface area contributed by atoms with Crippen LogP contribution in [0.5, 0.6) is 0 Å². The van der Waals surface area contributed by atoms with E-state index in [1.165, 1.54) is 0 Å². The zero-order valence-corrected chi connectivity index (χ0v) is 12.3. The number of halogens is 1. The summed E-state index contributed by atoms with van der Waals surface area (Å²) >= 11 is 6.25. The predicted octanol–water partition coefficient (Wildman–Crippen LogP) is 3.22. The molecule has 1 aromatic rings. The molecule has 4 heteroatoms. The number of aromatic nitrogens is 2. The molecule has 1 N–H and O–H groups in total. The molecule has 0 amide bonds. The van der Waals surface area contributed by atoms with Gasteiger partial charge in [0, 0.05) is 18.0 Å². The van der Waals surface area contributed by atoms with Gasteiger partial charge in [-0.1, -0.05) is 39.3 Å². The minimum atomic E-state index is 0.0471. The monoisotopic (exact) mass is 257 g/mol. The number of nitrogens with zero attached hydrogens (tertiary/aromatic N) is 2. The second kappa shape index (κ2) is 5.87. The fourth-order valence-corrected chi connectivity index (χ4v) is 2.46. The molecule has 17 heavy (non-hydrogen) atoms. The lowest BCUT2D eigenvalue weighted by Crippen LogP contribution is -2.31. The molecule has 0 aliphatic rings. The van der Waals surface area contributed by atoms with Crippen LogP contribution in [-0.4, -0.2) is 22.4 Å². The van der Waals surface area contributed by atoms with E-state index in [-0.39, 0.29) is 5.41 Å². The highest BCUT2D eigenvalue weighted by molar-refractivity contribution is 6.31. The molecule has 0 aromatic carbocycles. The quantitative estimate of drug-likeness (QED) is 0.848. The molecule has 0 aliphatic carbocycles. The van der Waals surface area contributed by atoms with Gasteiger partial charge < -0.3 is 5.32 Å².